The summed E-state index contributed by atoms with van der Waals surface area (Å²) in [6.45, 7) is 3.21. The largest absolute Gasteiger partial charge is 0.324 e. The van der Waals surface area contributed by atoms with E-state index in [9.17, 15) is 0 Å². The van der Waals surface area contributed by atoms with Gasteiger partial charge >= 0.3 is 0 Å². The molecule has 0 unspecified atom stereocenters. The van der Waals surface area contributed by atoms with E-state index < -0.39 is 0 Å². The quantitative estimate of drug-likeness (QED) is 0.677. The van der Waals surface area contributed by atoms with Crippen LogP contribution in [-0.4, -0.2) is 19.7 Å². The molecule has 0 saturated carbocycles. The molecule has 8 heteroatoms. The van der Waals surface area contributed by atoms with Crippen LogP contribution in [-0.2, 0) is 18.8 Å². The Labute approximate surface area is 149 Å². The smallest absolute Gasteiger partial charge is 0.191 e. The van der Waals surface area contributed by atoms with Crippen LogP contribution in [0.15, 0.2) is 41.0 Å². The van der Waals surface area contributed by atoms with E-state index in [1.54, 1.807) is 23.1 Å². The molecule has 23 heavy (non-hydrogen) atoms. The maximum atomic E-state index is 5.79. The van der Waals surface area contributed by atoms with Crippen molar-refractivity contribution in [2.75, 3.05) is 0 Å². The summed E-state index contributed by atoms with van der Waals surface area (Å²) in [4.78, 5) is 5.64. The molecular weight excluding hydrogens is 350 g/mol. The molecule has 3 rings (SSSR count). The minimum atomic E-state index is 0. The molecule has 0 amide bonds. The van der Waals surface area contributed by atoms with Gasteiger partial charge in [0.05, 0.1) is 24.3 Å². The molecule has 0 saturated heterocycles. The standard InChI is InChI=1S/C15H17N5S2.ClH/c1-11-13(17-10-22-11)9-21-15-19-18-14(7-16)20(15)8-12-5-3-2-4-6-12;/h2-6,10H,7-9,16H2,1H3;1H. The van der Waals surface area contributed by atoms with Gasteiger partial charge in [0.2, 0.25) is 0 Å². The van der Waals surface area contributed by atoms with Crippen molar-refractivity contribution in [1.82, 2.24) is 19.7 Å². The highest BCUT2D eigenvalue weighted by Crippen LogP contribution is 2.25. The number of halogens is 1. The van der Waals surface area contributed by atoms with Crippen molar-refractivity contribution in [3.63, 3.8) is 0 Å². The monoisotopic (exact) mass is 367 g/mol. The molecule has 0 bridgehead atoms. The summed E-state index contributed by atoms with van der Waals surface area (Å²) in [6, 6.07) is 10.3. The lowest BCUT2D eigenvalue weighted by Gasteiger charge is -2.09. The zero-order chi connectivity index (χ0) is 15.4. The SMILES string of the molecule is Cc1scnc1CSc1nnc(CN)n1Cc1ccccc1.Cl. The molecule has 0 atom stereocenters. The lowest BCUT2D eigenvalue weighted by atomic mass is 10.2. The summed E-state index contributed by atoms with van der Waals surface area (Å²) in [5, 5.41) is 9.37. The van der Waals surface area contributed by atoms with Crippen molar-refractivity contribution in [3.8, 4) is 0 Å². The van der Waals surface area contributed by atoms with E-state index in [1.165, 1.54) is 10.4 Å². The highest BCUT2D eigenvalue weighted by molar-refractivity contribution is 7.98. The Balaban J connectivity index is 0.00000192. The molecular formula is C15H18ClN5S2. The number of nitrogens with two attached hydrogens (primary N) is 1. The Morgan fingerprint density at radius 1 is 1.22 bits per heavy atom. The summed E-state index contributed by atoms with van der Waals surface area (Å²) in [5.41, 5.74) is 9.99. The Morgan fingerprint density at radius 2 is 2.00 bits per heavy atom. The number of thiazole rings is 1. The summed E-state index contributed by atoms with van der Waals surface area (Å²) in [5.74, 6) is 1.61. The normalized spacial score (nSPS) is 10.5. The van der Waals surface area contributed by atoms with E-state index >= 15 is 0 Å². The molecule has 0 fully saturated rings. The van der Waals surface area contributed by atoms with Crippen molar-refractivity contribution in [2.45, 2.75) is 30.9 Å². The van der Waals surface area contributed by atoms with Crippen molar-refractivity contribution in [2.24, 2.45) is 5.73 Å². The van der Waals surface area contributed by atoms with Crippen molar-refractivity contribution in [3.05, 3.63) is 57.8 Å². The summed E-state index contributed by atoms with van der Waals surface area (Å²) >= 11 is 3.32. The zero-order valence-corrected chi connectivity index (χ0v) is 15.1. The first-order valence-corrected chi connectivity index (χ1v) is 8.82. The molecule has 0 radical (unpaired) electrons. The van der Waals surface area contributed by atoms with Gasteiger partial charge in [0.25, 0.3) is 0 Å². The molecule has 3 aromatic rings. The number of aromatic nitrogens is 4. The number of thioether (sulfide) groups is 1. The molecule has 0 aliphatic rings. The summed E-state index contributed by atoms with van der Waals surface area (Å²) < 4.78 is 2.09. The first-order chi connectivity index (χ1) is 10.8. The second-order valence-corrected chi connectivity index (χ2v) is 6.82. The van der Waals surface area contributed by atoms with Crippen LogP contribution in [0.3, 0.4) is 0 Å². The molecule has 2 heterocycles. The number of benzene rings is 1. The first kappa shape index (κ1) is 17.9. The van der Waals surface area contributed by atoms with Gasteiger partial charge < -0.3 is 10.3 Å². The predicted molar refractivity (Wildman–Crippen MR) is 97.1 cm³/mol. The fraction of sp³-hybridized carbons (Fsp3) is 0.267. The Kier molecular flexibility index (Phi) is 6.59. The Hall–Kier alpha value is -1.41. The molecule has 122 valence electrons. The molecule has 0 aliphatic carbocycles. The van der Waals surface area contributed by atoms with Crippen LogP contribution in [0, 0.1) is 6.92 Å². The topological polar surface area (TPSA) is 69.6 Å². The average molecular weight is 368 g/mol. The molecule has 5 nitrogen and oxygen atoms in total. The van der Waals surface area contributed by atoms with E-state index in [1.807, 2.05) is 23.7 Å². The number of nitrogens with zero attached hydrogens (tertiary/aromatic N) is 4. The molecule has 2 aromatic heterocycles. The van der Waals surface area contributed by atoms with Gasteiger partial charge in [0.1, 0.15) is 5.82 Å². The van der Waals surface area contributed by atoms with Crippen LogP contribution < -0.4 is 5.73 Å². The van der Waals surface area contributed by atoms with Gasteiger partial charge in [-0.15, -0.1) is 33.9 Å². The van der Waals surface area contributed by atoms with Crippen LogP contribution in [0.5, 0.6) is 0 Å². The molecule has 1 aromatic carbocycles. The van der Waals surface area contributed by atoms with Gasteiger partial charge in [-0.1, -0.05) is 42.1 Å². The number of aryl methyl sites for hydroxylation is 1. The van der Waals surface area contributed by atoms with Crippen LogP contribution in [0.1, 0.15) is 22.0 Å². The highest BCUT2D eigenvalue weighted by atomic mass is 35.5. The third-order valence-electron chi connectivity index (χ3n) is 3.34. The van der Waals surface area contributed by atoms with Crippen LogP contribution in [0.4, 0.5) is 0 Å². The van der Waals surface area contributed by atoms with Crippen molar-refractivity contribution >= 4 is 35.5 Å². The van der Waals surface area contributed by atoms with Gasteiger partial charge in [-0.25, -0.2) is 4.98 Å². The van der Waals surface area contributed by atoms with Crippen molar-refractivity contribution < 1.29 is 0 Å². The van der Waals surface area contributed by atoms with Crippen LogP contribution in [0.2, 0.25) is 0 Å². The summed E-state index contributed by atoms with van der Waals surface area (Å²) in [6.07, 6.45) is 0. The van der Waals surface area contributed by atoms with Crippen LogP contribution in [0.25, 0.3) is 0 Å². The summed E-state index contributed by atoms with van der Waals surface area (Å²) in [7, 11) is 0. The number of hydrogen-bond acceptors (Lipinski definition) is 6. The highest BCUT2D eigenvalue weighted by Gasteiger charge is 2.13. The van der Waals surface area contributed by atoms with Gasteiger partial charge in [-0.05, 0) is 12.5 Å². The number of hydrogen-bond donors (Lipinski definition) is 1. The van der Waals surface area contributed by atoms with Gasteiger partial charge in [-0.2, -0.15) is 0 Å². The van der Waals surface area contributed by atoms with Gasteiger partial charge in [0.15, 0.2) is 5.16 Å². The molecule has 0 aliphatic heterocycles. The van der Waals surface area contributed by atoms with E-state index in [-0.39, 0.29) is 12.4 Å². The van der Waals surface area contributed by atoms with Gasteiger partial charge in [-0.3, -0.25) is 0 Å². The number of rotatable bonds is 6. The third-order valence-corrected chi connectivity index (χ3v) is 5.12. The maximum absolute atomic E-state index is 5.79. The minimum Gasteiger partial charge on any atom is -0.324 e. The third kappa shape index (κ3) is 4.32. The second kappa shape index (κ2) is 8.44. The van der Waals surface area contributed by atoms with E-state index in [4.69, 9.17) is 5.73 Å². The molecule has 0 spiro atoms. The van der Waals surface area contributed by atoms with E-state index in [0.717, 1.165) is 29.0 Å². The van der Waals surface area contributed by atoms with Crippen LogP contribution >= 0.6 is 35.5 Å². The second-order valence-electron chi connectivity index (χ2n) is 4.82. The molecule has 2 N–H and O–H groups in total. The fourth-order valence-electron chi connectivity index (χ4n) is 2.10. The fourth-order valence-corrected chi connectivity index (χ4v) is 3.77. The lowest BCUT2D eigenvalue weighted by molar-refractivity contribution is 0.666. The minimum absolute atomic E-state index is 0. The van der Waals surface area contributed by atoms with Gasteiger partial charge in [0, 0.05) is 10.6 Å². The Morgan fingerprint density at radius 3 is 2.65 bits per heavy atom. The lowest BCUT2D eigenvalue weighted by Crippen LogP contribution is -2.10. The van der Waals surface area contributed by atoms with Crippen molar-refractivity contribution in [1.29, 1.82) is 0 Å². The maximum Gasteiger partial charge on any atom is 0.191 e. The van der Waals surface area contributed by atoms with E-state index in [0.29, 0.717) is 6.54 Å². The average Bonchev–Trinajstić information content (AvgIpc) is 3.12. The predicted octanol–water partition coefficient (Wildman–Crippen LogP) is 3.26. The zero-order valence-electron chi connectivity index (χ0n) is 12.7. The Bertz CT molecular complexity index is 741. The van der Waals surface area contributed by atoms with E-state index in [2.05, 4.69) is 38.8 Å². The first-order valence-electron chi connectivity index (χ1n) is 6.95.